The first-order chi connectivity index (χ1) is 20.3. The van der Waals surface area contributed by atoms with Gasteiger partial charge in [-0.15, -0.1) is 0 Å². The van der Waals surface area contributed by atoms with E-state index in [0.717, 1.165) is 56.7 Å². The van der Waals surface area contributed by atoms with Gasteiger partial charge in [-0.2, -0.15) is 0 Å². The van der Waals surface area contributed by atoms with Crippen LogP contribution in [0.25, 0.3) is 0 Å². The lowest BCUT2D eigenvalue weighted by Crippen LogP contribution is -2.43. The minimum atomic E-state index is -2.63. The largest absolute Gasteiger partial charge is 0.500 e. The van der Waals surface area contributed by atoms with E-state index in [2.05, 4.69) is 12.2 Å². The fourth-order valence-corrected chi connectivity index (χ4v) is 10.2. The lowest BCUT2D eigenvalue weighted by Gasteiger charge is -2.26. The SMILES string of the molecule is CO[Si](CCCOC/C=C/CC(CCC1OC1COCCC[Si](OC)(OC)OC)CC[Si](OC)(OC)OC)(OC)OC. The van der Waals surface area contributed by atoms with Gasteiger partial charge in [0.1, 0.15) is 6.10 Å². The molecular formula is C27H58O12Si3. The summed E-state index contributed by atoms with van der Waals surface area (Å²) in [6.45, 7) is 2.41. The summed E-state index contributed by atoms with van der Waals surface area (Å²) in [7, 11) is 7.04. The normalized spacial score (nSPS) is 18.7. The van der Waals surface area contributed by atoms with Gasteiger partial charge in [0.25, 0.3) is 0 Å². The second kappa shape index (κ2) is 22.4. The van der Waals surface area contributed by atoms with Gasteiger partial charge in [-0.1, -0.05) is 12.2 Å². The molecule has 1 heterocycles. The van der Waals surface area contributed by atoms with Gasteiger partial charge in [0, 0.05) is 95.3 Å². The molecule has 0 radical (unpaired) electrons. The van der Waals surface area contributed by atoms with Crippen molar-refractivity contribution < 1.29 is 54.0 Å². The molecule has 3 atom stereocenters. The minimum absolute atomic E-state index is 0.158. The lowest BCUT2D eigenvalue weighted by molar-refractivity contribution is 0.100. The molecule has 15 heteroatoms. The van der Waals surface area contributed by atoms with Crippen LogP contribution in [0.3, 0.4) is 0 Å². The van der Waals surface area contributed by atoms with Crippen LogP contribution in [0.2, 0.25) is 18.1 Å². The van der Waals surface area contributed by atoms with Gasteiger partial charge in [-0.25, -0.2) is 0 Å². The van der Waals surface area contributed by atoms with Crippen LogP contribution in [-0.4, -0.2) is 129 Å². The zero-order valence-electron chi connectivity index (χ0n) is 27.5. The number of ether oxygens (including phenoxy) is 3. The molecule has 0 amide bonds. The van der Waals surface area contributed by atoms with Crippen LogP contribution in [0.4, 0.5) is 0 Å². The highest BCUT2D eigenvalue weighted by molar-refractivity contribution is 6.61. The minimum Gasteiger partial charge on any atom is -0.379 e. The zero-order valence-corrected chi connectivity index (χ0v) is 30.5. The van der Waals surface area contributed by atoms with Crippen LogP contribution in [0, 0.1) is 5.92 Å². The second-order valence-electron chi connectivity index (χ2n) is 10.1. The molecule has 1 aliphatic heterocycles. The van der Waals surface area contributed by atoms with Gasteiger partial charge >= 0.3 is 26.4 Å². The van der Waals surface area contributed by atoms with Gasteiger partial charge in [-0.05, 0) is 44.4 Å². The second-order valence-corrected chi connectivity index (χ2v) is 19.4. The van der Waals surface area contributed by atoms with Crippen LogP contribution < -0.4 is 0 Å². The van der Waals surface area contributed by atoms with E-state index in [1.807, 2.05) is 0 Å². The fourth-order valence-electron chi connectivity index (χ4n) is 4.90. The summed E-state index contributed by atoms with van der Waals surface area (Å²) in [6, 6.07) is 2.21. The first-order valence-electron chi connectivity index (χ1n) is 14.7. The predicted octanol–water partition coefficient (Wildman–Crippen LogP) is 3.93. The average Bonchev–Trinajstić information content (AvgIpc) is 3.80. The summed E-state index contributed by atoms with van der Waals surface area (Å²) in [5.41, 5.74) is 0. The molecular weight excluding hydrogens is 601 g/mol. The first kappa shape index (κ1) is 39.9. The Kier molecular flexibility index (Phi) is 21.3. The maximum atomic E-state index is 5.90. The summed E-state index contributed by atoms with van der Waals surface area (Å²) in [4.78, 5) is 0. The van der Waals surface area contributed by atoms with E-state index in [1.54, 1.807) is 64.0 Å². The van der Waals surface area contributed by atoms with Gasteiger partial charge in [0.15, 0.2) is 0 Å². The van der Waals surface area contributed by atoms with Crippen molar-refractivity contribution in [3.8, 4) is 0 Å². The van der Waals surface area contributed by atoms with Gasteiger partial charge in [0.05, 0.1) is 19.3 Å². The van der Waals surface area contributed by atoms with E-state index in [0.29, 0.717) is 32.3 Å². The number of epoxide rings is 1. The van der Waals surface area contributed by atoms with E-state index in [1.165, 1.54) is 0 Å². The molecule has 250 valence electrons. The van der Waals surface area contributed by atoms with E-state index < -0.39 is 26.4 Å². The highest BCUT2D eigenvalue weighted by Gasteiger charge is 2.41. The van der Waals surface area contributed by atoms with Crippen LogP contribution in [0.15, 0.2) is 12.2 Å². The molecule has 1 saturated heterocycles. The van der Waals surface area contributed by atoms with Crippen molar-refractivity contribution in [2.45, 2.75) is 68.9 Å². The fraction of sp³-hybridized carbons (Fsp3) is 0.926. The number of hydrogen-bond acceptors (Lipinski definition) is 12. The molecule has 0 spiro atoms. The van der Waals surface area contributed by atoms with Crippen molar-refractivity contribution in [1.82, 2.24) is 0 Å². The third-order valence-corrected chi connectivity index (χ3v) is 16.3. The van der Waals surface area contributed by atoms with E-state index in [9.17, 15) is 0 Å². The molecule has 42 heavy (non-hydrogen) atoms. The van der Waals surface area contributed by atoms with Crippen molar-refractivity contribution in [1.29, 1.82) is 0 Å². The first-order valence-corrected chi connectivity index (χ1v) is 20.5. The van der Waals surface area contributed by atoms with E-state index in [4.69, 9.17) is 54.0 Å². The van der Waals surface area contributed by atoms with Crippen molar-refractivity contribution >= 4 is 26.4 Å². The molecule has 1 fully saturated rings. The Morgan fingerprint density at radius 3 is 1.55 bits per heavy atom. The third kappa shape index (κ3) is 14.3. The Bertz CT molecular complexity index is 668. The van der Waals surface area contributed by atoms with Gasteiger partial charge < -0.3 is 54.0 Å². The summed E-state index contributed by atoms with van der Waals surface area (Å²) >= 11 is 0. The Labute approximate surface area is 257 Å². The maximum Gasteiger partial charge on any atom is 0.500 e. The van der Waals surface area contributed by atoms with Crippen LogP contribution >= 0.6 is 0 Å². The van der Waals surface area contributed by atoms with E-state index in [-0.39, 0.29) is 12.2 Å². The Balaban J connectivity index is 2.43. The molecule has 1 rings (SSSR count). The highest BCUT2D eigenvalue weighted by atomic mass is 28.4. The Morgan fingerprint density at radius 1 is 0.571 bits per heavy atom. The molecule has 0 aromatic carbocycles. The van der Waals surface area contributed by atoms with Crippen LogP contribution in [0.1, 0.15) is 38.5 Å². The molecule has 12 nitrogen and oxygen atoms in total. The monoisotopic (exact) mass is 658 g/mol. The van der Waals surface area contributed by atoms with Crippen molar-refractivity contribution in [2.24, 2.45) is 5.92 Å². The van der Waals surface area contributed by atoms with E-state index >= 15 is 0 Å². The molecule has 0 bridgehead atoms. The molecule has 3 unspecified atom stereocenters. The highest BCUT2D eigenvalue weighted by Crippen LogP contribution is 2.32. The summed E-state index contributed by atoms with van der Waals surface area (Å²) in [5.74, 6) is 0.450. The maximum absolute atomic E-state index is 5.90. The summed E-state index contributed by atoms with van der Waals surface area (Å²) in [6.07, 6.45) is 10.2. The topological polar surface area (TPSA) is 114 Å². The quantitative estimate of drug-likeness (QED) is 0.0502. The van der Waals surface area contributed by atoms with Crippen molar-refractivity contribution in [3.05, 3.63) is 12.2 Å². The molecule has 0 aromatic rings. The Morgan fingerprint density at radius 2 is 1.05 bits per heavy atom. The molecule has 1 aliphatic rings. The summed E-state index contributed by atoms with van der Waals surface area (Å²) in [5, 5.41) is 0. The number of rotatable bonds is 29. The zero-order chi connectivity index (χ0) is 31.3. The van der Waals surface area contributed by atoms with Gasteiger partial charge in [0.2, 0.25) is 0 Å². The molecule has 0 N–H and O–H groups in total. The van der Waals surface area contributed by atoms with Crippen LogP contribution in [-0.2, 0) is 54.0 Å². The number of hydrogen-bond donors (Lipinski definition) is 0. The lowest BCUT2D eigenvalue weighted by atomic mass is 9.95. The molecule has 0 aromatic heterocycles. The number of allylic oxidation sites excluding steroid dienone is 1. The summed E-state index contributed by atoms with van der Waals surface area (Å²) < 4.78 is 67.2. The molecule has 0 saturated carbocycles. The third-order valence-electron chi connectivity index (χ3n) is 7.88. The molecule has 0 aliphatic carbocycles. The Hall–Kier alpha value is -0.0894. The van der Waals surface area contributed by atoms with Crippen molar-refractivity contribution in [3.63, 3.8) is 0 Å². The van der Waals surface area contributed by atoms with Crippen molar-refractivity contribution in [2.75, 3.05) is 90.4 Å². The van der Waals surface area contributed by atoms with Crippen LogP contribution in [0.5, 0.6) is 0 Å². The van der Waals surface area contributed by atoms with Gasteiger partial charge in [-0.3, -0.25) is 0 Å². The standard InChI is InChI=1S/C27H58O12Si3/c1-28-40(29-2,30-3)21-12-19-37-18-11-10-14-25(17-23-42(34-7,35-8)36-9)15-16-26-27(39-26)24-38-20-13-22-41(31-4,32-5)33-6/h10-11,25-27H,12-24H2,1-9H3/b11-10+. The smallest absolute Gasteiger partial charge is 0.379 e. The predicted molar refractivity (Wildman–Crippen MR) is 165 cm³/mol. The average molecular weight is 659 g/mol.